The largest absolute Gasteiger partial charge is 0.370 e. The molecular weight excluding hydrogens is 276 g/mol. The number of unbranched alkanes of at least 4 members (excludes halogenated alkanes) is 1. The standard InChI is InChI=1S/C17H28N4O/c1-13(11-14-7-3-2-4-8-14)12-16(22)15(18)9-5-6-10-21-17(19)20/h2-4,7-8,13,15H,5-6,9-12,18H2,1H3,(H4,19,20,21). The lowest BCUT2D eigenvalue weighted by atomic mass is 9.92. The average molecular weight is 304 g/mol. The Kier molecular flexibility index (Phi) is 8.22. The maximum Gasteiger partial charge on any atom is 0.185 e. The van der Waals surface area contributed by atoms with Gasteiger partial charge in [0.25, 0.3) is 0 Å². The summed E-state index contributed by atoms with van der Waals surface area (Å²) in [6.45, 7) is 2.68. The molecule has 0 saturated carbocycles. The van der Waals surface area contributed by atoms with Crippen LogP contribution in [-0.4, -0.2) is 24.3 Å². The van der Waals surface area contributed by atoms with Gasteiger partial charge in [-0.2, -0.15) is 0 Å². The lowest BCUT2D eigenvalue weighted by Crippen LogP contribution is -2.31. The van der Waals surface area contributed by atoms with Gasteiger partial charge in [-0.1, -0.05) is 37.3 Å². The zero-order valence-electron chi connectivity index (χ0n) is 13.4. The fraction of sp³-hybridized carbons (Fsp3) is 0.529. The van der Waals surface area contributed by atoms with Crippen LogP contribution in [0.1, 0.15) is 38.2 Å². The number of hydrogen-bond donors (Lipinski definition) is 3. The van der Waals surface area contributed by atoms with Crippen LogP contribution in [-0.2, 0) is 11.2 Å². The highest BCUT2D eigenvalue weighted by Gasteiger charge is 2.16. The van der Waals surface area contributed by atoms with Crippen LogP contribution in [0.5, 0.6) is 0 Å². The number of carbonyl (C=O) groups excluding carboxylic acids is 1. The van der Waals surface area contributed by atoms with E-state index in [4.69, 9.17) is 17.2 Å². The average Bonchev–Trinajstić information content (AvgIpc) is 2.47. The summed E-state index contributed by atoms with van der Waals surface area (Å²) in [5.74, 6) is 0.558. The molecule has 0 aliphatic rings. The third-order valence-corrected chi connectivity index (χ3v) is 3.61. The van der Waals surface area contributed by atoms with Crippen molar-refractivity contribution >= 4 is 11.7 Å². The molecule has 0 aliphatic heterocycles. The van der Waals surface area contributed by atoms with Gasteiger partial charge in [0.05, 0.1) is 6.04 Å². The molecule has 0 radical (unpaired) electrons. The first kappa shape index (κ1) is 18.2. The van der Waals surface area contributed by atoms with Crippen LogP contribution in [0.25, 0.3) is 0 Å². The summed E-state index contributed by atoms with van der Waals surface area (Å²) in [5, 5.41) is 0. The molecule has 5 heteroatoms. The van der Waals surface area contributed by atoms with Crippen molar-refractivity contribution in [2.45, 2.75) is 45.1 Å². The monoisotopic (exact) mass is 304 g/mol. The van der Waals surface area contributed by atoms with Crippen molar-refractivity contribution in [2.75, 3.05) is 6.54 Å². The first-order valence-electron chi connectivity index (χ1n) is 7.86. The number of Topliss-reactive ketones (excluding diaryl/α,β-unsaturated/α-hetero) is 1. The van der Waals surface area contributed by atoms with E-state index in [0.29, 0.717) is 25.3 Å². The molecule has 122 valence electrons. The Balaban J connectivity index is 2.24. The van der Waals surface area contributed by atoms with Crippen LogP contribution in [0.2, 0.25) is 0 Å². The van der Waals surface area contributed by atoms with Crippen LogP contribution in [0.4, 0.5) is 0 Å². The zero-order chi connectivity index (χ0) is 16.4. The van der Waals surface area contributed by atoms with Gasteiger partial charge in [0.15, 0.2) is 5.96 Å². The fourth-order valence-corrected chi connectivity index (χ4v) is 2.43. The summed E-state index contributed by atoms with van der Waals surface area (Å²) in [6, 6.07) is 9.84. The summed E-state index contributed by atoms with van der Waals surface area (Å²) >= 11 is 0. The number of carbonyl (C=O) groups is 1. The van der Waals surface area contributed by atoms with Crippen molar-refractivity contribution < 1.29 is 4.79 Å². The lowest BCUT2D eigenvalue weighted by molar-refractivity contribution is -0.121. The second-order valence-electron chi connectivity index (χ2n) is 5.87. The van der Waals surface area contributed by atoms with E-state index >= 15 is 0 Å². The highest BCUT2D eigenvalue weighted by atomic mass is 16.1. The SMILES string of the molecule is CC(CC(=O)C(N)CCCCN=C(N)N)Cc1ccccc1. The molecule has 22 heavy (non-hydrogen) atoms. The van der Waals surface area contributed by atoms with Gasteiger partial charge in [0, 0.05) is 13.0 Å². The first-order valence-corrected chi connectivity index (χ1v) is 7.86. The molecule has 0 heterocycles. The van der Waals surface area contributed by atoms with E-state index < -0.39 is 0 Å². The Hall–Kier alpha value is -1.88. The molecule has 0 aromatic heterocycles. The van der Waals surface area contributed by atoms with E-state index in [1.165, 1.54) is 5.56 Å². The Morgan fingerprint density at radius 1 is 1.18 bits per heavy atom. The number of aliphatic imine (C=N–C) groups is 1. The molecule has 2 atom stereocenters. The van der Waals surface area contributed by atoms with Crippen LogP contribution in [0.15, 0.2) is 35.3 Å². The third-order valence-electron chi connectivity index (χ3n) is 3.61. The topological polar surface area (TPSA) is 107 Å². The van der Waals surface area contributed by atoms with Crippen molar-refractivity contribution in [1.82, 2.24) is 0 Å². The van der Waals surface area contributed by atoms with Crippen molar-refractivity contribution in [3.63, 3.8) is 0 Å². The second-order valence-corrected chi connectivity index (χ2v) is 5.87. The normalized spacial score (nSPS) is 13.4. The number of nitrogens with zero attached hydrogens (tertiary/aromatic N) is 1. The van der Waals surface area contributed by atoms with E-state index in [2.05, 4.69) is 24.0 Å². The summed E-state index contributed by atoms with van der Waals surface area (Å²) in [5.41, 5.74) is 17.7. The first-order chi connectivity index (χ1) is 10.5. The Morgan fingerprint density at radius 2 is 1.86 bits per heavy atom. The predicted octanol–water partition coefficient (Wildman–Crippen LogP) is 1.60. The smallest absolute Gasteiger partial charge is 0.185 e. The Labute approximate surface area is 133 Å². The molecule has 0 saturated heterocycles. The summed E-state index contributed by atoms with van der Waals surface area (Å²) in [7, 11) is 0. The molecule has 0 fully saturated rings. The maximum absolute atomic E-state index is 12.1. The number of guanidine groups is 1. The van der Waals surface area contributed by atoms with E-state index in [9.17, 15) is 4.79 Å². The van der Waals surface area contributed by atoms with Crippen molar-refractivity contribution in [3.8, 4) is 0 Å². The van der Waals surface area contributed by atoms with Gasteiger partial charge in [0.1, 0.15) is 5.78 Å². The minimum absolute atomic E-state index is 0.107. The van der Waals surface area contributed by atoms with E-state index in [-0.39, 0.29) is 17.8 Å². The van der Waals surface area contributed by atoms with Gasteiger partial charge < -0.3 is 17.2 Å². The van der Waals surface area contributed by atoms with Crippen molar-refractivity contribution in [3.05, 3.63) is 35.9 Å². The molecule has 1 aromatic rings. The number of hydrogen-bond acceptors (Lipinski definition) is 3. The van der Waals surface area contributed by atoms with Crippen LogP contribution in [0.3, 0.4) is 0 Å². The zero-order valence-corrected chi connectivity index (χ0v) is 13.4. The van der Waals surface area contributed by atoms with E-state index in [0.717, 1.165) is 19.3 Å². The van der Waals surface area contributed by atoms with Crippen molar-refractivity contribution in [1.29, 1.82) is 0 Å². The Morgan fingerprint density at radius 3 is 2.50 bits per heavy atom. The van der Waals surface area contributed by atoms with Crippen LogP contribution >= 0.6 is 0 Å². The highest BCUT2D eigenvalue weighted by molar-refractivity contribution is 5.83. The molecule has 5 nitrogen and oxygen atoms in total. The molecule has 2 unspecified atom stereocenters. The molecular formula is C17H28N4O. The number of nitrogens with two attached hydrogens (primary N) is 3. The second kappa shape index (κ2) is 9.95. The summed E-state index contributed by atoms with van der Waals surface area (Å²) < 4.78 is 0. The lowest BCUT2D eigenvalue weighted by Gasteiger charge is -2.14. The minimum Gasteiger partial charge on any atom is -0.370 e. The summed E-state index contributed by atoms with van der Waals surface area (Å²) in [4.78, 5) is 16.0. The predicted molar refractivity (Wildman–Crippen MR) is 91.4 cm³/mol. The molecule has 0 aliphatic carbocycles. The van der Waals surface area contributed by atoms with Crippen LogP contribution < -0.4 is 17.2 Å². The number of rotatable bonds is 10. The molecule has 0 bridgehead atoms. The molecule has 1 aromatic carbocycles. The minimum atomic E-state index is -0.377. The molecule has 0 amide bonds. The quantitative estimate of drug-likeness (QED) is 0.346. The number of ketones is 1. The third kappa shape index (κ3) is 7.78. The van der Waals surface area contributed by atoms with Gasteiger partial charge in [-0.05, 0) is 37.2 Å². The van der Waals surface area contributed by atoms with Crippen LogP contribution in [0, 0.1) is 5.92 Å². The van der Waals surface area contributed by atoms with Gasteiger partial charge in [0.2, 0.25) is 0 Å². The van der Waals surface area contributed by atoms with E-state index in [1.807, 2.05) is 18.2 Å². The van der Waals surface area contributed by atoms with E-state index in [1.54, 1.807) is 0 Å². The number of benzene rings is 1. The molecule has 1 rings (SSSR count). The van der Waals surface area contributed by atoms with Crippen molar-refractivity contribution in [2.24, 2.45) is 28.1 Å². The fourth-order valence-electron chi connectivity index (χ4n) is 2.43. The summed E-state index contributed by atoms with van der Waals surface area (Å²) in [6.07, 6.45) is 3.83. The molecule has 0 spiro atoms. The van der Waals surface area contributed by atoms with Gasteiger partial charge >= 0.3 is 0 Å². The van der Waals surface area contributed by atoms with Gasteiger partial charge in [-0.25, -0.2) is 0 Å². The molecule has 6 N–H and O–H groups in total. The Bertz CT molecular complexity index is 469. The highest BCUT2D eigenvalue weighted by Crippen LogP contribution is 2.14. The van der Waals surface area contributed by atoms with Gasteiger partial charge in [-0.15, -0.1) is 0 Å². The van der Waals surface area contributed by atoms with Gasteiger partial charge in [-0.3, -0.25) is 9.79 Å². The maximum atomic E-state index is 12.1.